The number of hydrogen-bond donors (Lipinski definition) is 1. The Kier molecular flexibility index (Phi) is 4.52. The van der Waals surface area contributed by atoms with Crippen LogP contribution in [0, 0.1) is 5.92 Å². The number of piperidine rings is 1. The molecule has 1 aromatic carbocycles. The van der Waals surface area contributed by atoms with Crippen LogP contribution in [0.5, 0.6) is 0 Å². The fourth-order valence-electron chi connectivity index (χ4n) is 3.11. The molecule has 0 saturated carbocycles. The maximum absolute atomic E-state index is 4.47. The fourth-order valence-corrected chi connectivity index (χ4v) is 4.06. The van der Waals surface area contributed by atoms with E-state index < -0.39 is 0 Å². The van der Waals surface area contributed by atoms with Crippen LogP contribution in [-0.4, -0.2) is 27.9 Å². The highest BCUT2D eigenvalue weighted by molar-refractivity contribution is 7.98. The van der Waals surface area contributed by atoms with Crippen molar-refractivity contribution in [1.29, 1.82) is 0 Å². The summed E-state index contributed by atoms with van der Waals surface area (Å²) < 4.78 is 2.29. The molecule has 112 valence electrons. The lowest BCUT2D eigenvalue weighted by Gasteiger charge is -2.24. The third-order valence-corrected chi connectivity index (χ3v) is 5.25. The Labute approximate surface area is 135 Å². The second-order valence-corrected chi connectivity index (χ2v) is 6.54. The average Bonchev–Trinajstić information content (AvgIpc) is 2.92. The number of para-hydroxylation sites is 1. The molecule has 0 radical (unpaired) electrons. The monoisotopic (exact) mass is 322 g/mol. The van der Waals surface area contributed by atoms with Crippen molar-refractivity contribution in [2.75, 3.05) is 13.1 Å². The maximum atomic E-state index is 4.47. The van der Waals surface area contributed by atoms with Gasteiger partial charge in [0, 0.05) is 11.3 Å². The van der Waals surface area contributed by atoms with Crippen molar-refractivity contribution in [3.8, 4) is 5.69 Å². The number of nitrogens with zero attached hydrogens (tertiary/aromatic N) is 3. The van der Waals surface area contributed by atoms with E-state index in [2.05, 4.69) is 44.3 Å². The number of aromatic nitrogens is 3. The zero-order valence-electron chi connectivity index (χ0n) is 11.8. The Morgan fingerprint density at radius 2 is 2.00 bits per heavy atom. The van der Waals surface area contributed by atoms with Crippen LogP contribution in [0.15, 0.2) is 29.2 Å². The quantitative estimate of drug-likeness (QED) is 0.923. The van der Waals surface area contributed by atoms with Crippen molar-refractivity contribution in [3.63, 3.8) is 0 Å². The molecule has 0 atom stereocenters. The van der Waals surface area contributed by atoms with E-state index in [1.807, 2.05) is 11.8 Å². The molecule has 2 aliphatic rings. The van der Waals surface area contributed by atoms with Gasteiger partial charge in [0.25, 0.3) is 0 Å². The van der Waals surface area contributed by atoms with Crippen molar-refractivity contribution in [1.82, 2.24) is 20.1 Å². The number of halogens is 1. The summed E-state index contributed by atoms with van der Waals surface area (Å²) in [7, 11) is 0. The SMILES string of the molecule is Cl.c1ccc2c(c1)SCc1nnc(CC3CCNCC3)n1-2. The molecule has 0 aliphatic carbocycles. The molecule has 4 rings (SSSR count). The summed E-state index contributed by atoms with van der Waals surface area (Å²) in [6, 6.07) is 8.58. The molecule has 1 aromatic heterocycles. The summed E-state index contributed by atoms with van der Waals surface area (Å²) in [6.07, 6.45) is 3.55. The summed E-state index contributed by atoms with van der Waals surface area (Å²) in [5, 5.41) is 12.3. The van der Waals surface area contributed by atoms with Crippen molar-refractivity contribution in [2.45, 2.75) is 29.9 Å². The second-order valence-electron chi connectivity index (χ2n) is 5.52. The van der Waals surface area contributed by atoms with Crippen LogP contribution in [-0.2, 0) is 12.2 Å². The molecule has 1 fully saturated rings. The summed E-state index contributed by atoms with van der Waals surface area (Å²) in [4.78, 5) is 1.34. The van der Waals surface area contributed by atoms with Gasteiger partial charge in [-0.2, -0.15) is 0 Å². The molecule has 0 unspecified atom stereocenters. The van der Waals surface area contributed by atoms with E-state index in [9.17, 15) is 0 Å². The predicted molar refractivity (Wildman–Crippen MR) is 87.5 cm³/mol. The topological polar surface area (TPSA) is 42.7 Å². The summed E-state index contributed by atoms with van der Waals surface area (Å²) in [6.45, 7) is 2.27. The van der Waals surface area contributed by atoms with Gasteiger partial charge in [0.15, 0.2) is 0 Å². The number of nitrogens with one attached hydrogen (secondary N) is 1. The number of hydrogen-bond acceptors (Lipinski definition) is 4. The fraction of sp³-hybridized carbons (Fsp3) is 0.467. The number of rotatable bonds is 2. The van der Waals surface area contributed by atoms with Gasteiger partial charge in [-0.15, -0.1) is 34.4 Å². The number of fused-ring (bicyclic) bond motifs is 3. The molecule has 4 nitrogen and oxygen atoms in total. The highest BCUT2D eigenvalue weighted by atomic mass is 35.5. The predicted octanol–water partition coefficient (Wildman–Crippen LogP) is 2.84. The maximum Gasteiger partial charge on any atom is 0.148 e. The standard InChI is InChI=1S/C15H18N4S.ClH/c1-2-4-13-12(3-1)19-14(17-18-15(19)10-20-13)9-11-5-7-16-8-6-11;/h1-4,11,16H,5-10H2;1H. The Morgan fingerprint density at radius 1 is 1.19 bits per heavy atom. The molecule has 3 heterocycles. The smallest absolute Gasteiger partial charge is 0.148 e. The Balaban J connectivity index is 0.00000132. The van der Waals surface area contributed by atoms with Crippen molar-refractivity contribution in [2.24, 2.45) is 5.92 Å². The van der Waals surface area contributed by atoms with E-state index in [0.29, 0.717) is 0 Å². The minimum absolute atomic E-state index is 0. The molecular formula is C15H19ClN4S. The lowest BCUT2D eigenvalue weighted by atomic mass is 9.94. The largest absolute Gasteiger partial charge is 0.317 e. The first-order valence-electron chi connectivity index (χ1n) is 7.28. The third kappa shape index (κ3) is 2.82. The zero-order valence-corrected chi connectivity index (χ0v) is 13.4. The Morgan fingerprint density at radius 3 is 2.86 bits per heavy atom. The number of benzene rings is 1. The molecule has 2 aliphatic heterocycles. The molecule has 21 heavy (non-hydrogen) atoms. The first-order chi connectivity index (χ1) is 9.92. The van der Waals surface area contributed by atoms with E-state index >= 15 is 0 Å². The molecular weight excluding hydrogens is 304 g/mol. The van der Waals surface area contributed by atoms with Gasteiger partial charge in [-0.25, -0.2) is 0 Å². The first kappa shape index (κ1) is 14.9. The molecule has 2 aromatic rings. The molecule has 0 bridgehead atoms. The highest BCUT2D eigenvalue weighted by Gasteiger charge is 2.23. The van der Waals surface area contributed by atoms with Gasteiger partial charge in [0.05, 0.1) is 11.4 Å². The summed E-state index contributed by atoms with van der Waals surface area (Å²) in [5.41, 5.74) is 1.26. The summed E-state index contributed by atoms with van der Waals surface area (Å²) >= 11 is 1.86. The van der Waals surface area contributed by atoms with Crippen LogP contribution < -0.4 is 5.32 Å². The van der Waals surface area contributed by atoms with Gasteiger partial charge in [0.1, 0.15) is 11.6 Å². The van der Waals surface area contributed by atoms with Crippen LogP contribution in [0.3, 0.4) is 0 Å². The van der Waals surface area contributed by atoms with Gasteiger partial charge in [-0.1, -0.05) is 12.1 Å². The van der Waals surface area contributed by atoms with Crippen LogP contribution >= 0.6 is 24.2 Å². The molecule has 0 spiro atoms. The van der Waals surface area contributed by atoms with Crippen LogP contribution in [0.4, 0.5) is 0 Å². The summed E-state index contributed by atoms with van der Waals surface area (Å²) in [5.74, 6) is 3.90. The minimum Gasteiger partial charge on any atom is -0.317 e. The molecule has 0 amide bonds. The normalized spacial score (nSPS) is 17.7. The van der Waals surface area contributed by atoms with E-state index in [1.165, 1.54) is 23.4 Å². The van der Waals surface area contributed by atoms with Crippen molar-refractivity contribution >= 4 is 24.2 Å². The van der Waals surface area contributed by atoms with Gasteiger partial charge in [-0.05, 0) is 44.0 Å². The van der Waals surface area contributed by atoms with Crippen molar-refractivity contribution < 1.29 is 0 Å². The van der Waals surface area contributed by atoms with Crippen LogP contribution in [0.25, 0.3) is 5.69 Å². The minimum atomic E-state index is 0. The average molecular weight is 323 g/mol. The lowest BCUT2D eigenvalue weighted by molar-refractivity contribution is 0.365. The van der Waals surface area contributed by atoms with E-state index in [1.54, 1.807) is 0 Å². The molecule has 1 saturated heterocycles. The Hall–Kier alpha value is -1.04. The van der Waals surface area contributed by atoms with Gasteiger partial charge in [-0.3, -0.25) is 4.57 Å². The van der Waals surface area contributed by atoms with Gasteiger partial charge >= 0.3 is 0 Å². The molecule has 1 N–H and O–H groups in total. The zero-order chi connectivity index (χ0) is 13.4. The Bertz CT molecular complexity index is 622. The molecule has 6 heteroatoms. The van der Waals surface area contributed by atoms with Crippen LogP contribution in [0.1, 0.15) is 24.5 Å². The van der Waals surface area contributed by atoms with Gasteiger partial charge < -0.3 is 5.32 Å². The first-order valence-corrected chi connectivity index (χ1v) is 8.26. The van der Waals surface area contributed by atoms with Gasteiger partial charge in [0.2, 0.25) is 0 Å². The van der Waals surface area contributed by atoms with Crippen molar-refractivity contribution in [3.05, 3.63) is 35.9 Å². The number of thioether (sulfide) groups is 1. The van der Waals surface area contributed by atoms with E-state index in [4.69, 9.17) is 0 Å². The highest BCUT2D eigenvalue weighted by Crippen LogP contribution is 2.35. The van der Waals surface area contributed by atoms with E-state index in [-0.39, 0.29) is 12.4 Å². The van der Waals surface area contributed by atoms with Crippen LogP contribution in [0.2, 0.25) is 0 Å². The third-order valence-electron chi connectivity index (χ3n) is 4.19. The van der Waals surface area contributed by atoms with E-state index in [0.717, 1.165) is 42.8 Å². The second kappa shape index (κ2) is 6.38. The lowest BCUT2D eigenvalue weighted by Crippen LogP contribution is -2.29.